The van der Waals surface area contributed by atoms with Crippen LogP contribution in [0, 0.1) is 0 Å². The van der Waals surface area contributed by atoms with Crippen LogP contribution in [0.4, 0.5) is 0 Å². The van der Waals surface area contributed by atoms with Crippen LogP contribution < -0.4 is 4.74 Å². The molecule has 1 aliphatic rings. The Bertz CT molecular complexity index is 407. The van der Waals surface area contributed by atoms with Crippen molar-refractivity contribution in [2.75, 3.05) is 39.5 Å². The zero-order valence-corrected chi connectivity index (χ0v) is 9.91. The lowest BCUT2D eigenvalue weighted by molar-refractivity contribution is 0.0319. The van der Waals surface area contributed by atoms with E-state index < -0.39 is 5.97 Å². The fourth-order valence-corrected chi connectivity index (χ4v) is 1.64. The zero-order chi connectivity index (χ0) is 12.8. The summed E-state index contributed by atoms with van der Waals surface area (Å²) < 4.78 is 10.6. The molecule has 0 atom stereocenters. The normalized spacial score (nSPS) is 16.4. The summed E-state index contributed by atoms with van der Waals surface area (Å²) in [6.07, 6.45) is 1.19. The molecule has 2 rings (SSSR count). The predicted octanol–water partition coefficient (Wildman–Crippen LogP) is -0.114. The fourth-order valence-electron chi connectivity index (χ4n) is 1.64. The lowest BCUT2D eigenvalue weighted by atomic mass is 10.4. The summed E-state index contributed by atoms with van der Waals surface area (Å²) in [5.41, 5.74) is -0.0635. The van der Waals surface area contributed by atoms with E-state index >= 15 is 0 Å². The first-order valence-electron chi connectivity index (χ1n) is 5.74. The van der Waals surface area contributed by atoms with Crippen molar-refractivity contribution in [2.45, 2.75) is 0 Å². The van der Waals surface area contributed by atoms with Gasteiger partial charge < -0.3 is 14.6 Å². The highest BCUT2D eigenvalue weighted by Gasteiger charge is 2.11. The molecular formula is C11H15N3O4. The number of aromatic nitrogens is 2. The number of hydrogen-bond acceptors (Lipinski definition) is 6. The van der Waals surface area contributed by atoms with Gasteiger partial charge >= 0.3 is 5.97 Å². The molecule has 1 saturated heterocycles. The van der Waals surface area contributed by atoms with Crippen LogP contribution in [-0.2, 0) is 4.74 Å². The number of carboxylic acids is 1. The predicted molar refractivity (Wildman–Crippen MR) is 61.7 cm³/mol. The van der Waals surface area contributed by atoms with Gasteiger partial charge in [0.25, 0.3) is 0 Å². The minimum absolute atomic E-state index is 0.0635. The van der Waals surface area contributed by atoms with Gasteiger partial charge in [-0.15, -0.1) is 0 Å². The molecule has 1 aromatic rings. The van der Waals surface area contributed by atoms with Crippen LogP contribution >= 0.6 is 0 Å². The number of hydrogen-bond donors (Lipinski definition) is 1. The highest BCUT2D eigenvalue weighted by molar-refractivity contribution is 5.85. The first-order valence-corrected chi connectivity index (χ1v) is 5.74. The van der Waals surface area contributed by atoms with Gasteiger partial charge in [0, 0.05) is 25.7 Å². The summed E-state index contributed by atoms with van der Waals surface area (Å²) in [5.74, 6) is -0.800. The van der Waals surface area contributed by atoms with Gasteiger partial charge in [-0.05, 0) is 0 Å². The molecule has 0 spiro atoms. The summed E-state index contributed by atoms with van der Waals surface area (Å²) in [5, 5.41) is 8.77. The molecule has 0 bridgehead atoms. The maximum Gasteiger partial charge on any atom is 0.354 e. The molecule has 0 amide bonds. The molecule has 1 N–H and O–H groups in total. The standard InChI is InChI=1S/C11H15N3O4/c15-11(16)9-7-10(13-8-12-9)18-6-3-14-1-4-17-5-2-14/h7-8H,1-6H2,(H,15,16). The molecule has 1 fully saturated rings. The number of morpholine rings is 1. The number of ether oxygens (including phenoxy) is 2. The maximum atomic E-state index is 10.7. The Kier molecular flexibility index (Phi) is 4.43. The highest BCUT2D eigenvalue weighted by atomic mass is 16.5. The van der Waals surface area contributed by atoms with Gasteiger partial charge in [0.15, 0.2) is 5.69 Å². The average molecular weight is 253 g/mol. The molecule has 18 heavy (non-hydrogen) atoms. The summed E-state index contributed by atoms with van der Waals surface area (Å²) in [6, 6.07) is 1.32. The van der Waals surface area contributed by atoms with E-state index in [1.54, 1.807) is 0 Å². The van der Waals surface area contributed by atoms with Gasteiger partial charge in [-0.1, -0.05) is 0 Å². The van der Waals surface area contributed by atoms with Gasteiger partial charge in [-0.25, -0.2) is 14.8 Å². The summed E-state index contributed by atoms with van der Waals surface area (Å²) in [4.78, 5) is 20.4. The third-order valence-corrected chi connectivity index (χ3v) is 2.62. The van der Waals surface area contributed by atoms with Crippen molar-refractivity contribution in [1.82, 2.24) is 14.9 Å². The van der Waals surface area contributed by atoms with Gasteiger partial charge in [0.05, 0.1) is 13.2 Å². The Morgan fingerprint density at radius 1 is 1.44 bits per heavy atom. The van der Waals surface area contributed by atoms with Crippen molar-refractivity contribution in [3.63, 3.8) is 0 Å². The van der Waals surface area contributed by atoms with E-state index in [2.05, 4.69) is 14.9 Å². The number of carboxylic acid groups (broad SMARTS) is 1. The van der Waals surface area contributed by atoms with E-state index in [9.17, 15) is 4.79 Å². The van der Waals surface area contributed by atoms with Crippen molar-refractivity contribution in [3.8, 4) is 5.88 Å². The van der Waals surface area contributed by atoms with Crippen LogP contribution in [0.15, 0.2) is 12.4 Å². The Balaban J connectivity index is 1.78. The fraction of sp³-hybridized carbons (Fsp3) is 0.545. The van der Waals surface area contributed by atoms with Crippen LogP contribution in [0.5, 0.6) is 5.88 Å². The number of rotatable bonds is 5. The summed E-state index contributed by atoms with van der Waals surface area (Å²) in [6.45, 7) is 4.53. The molecule has 0 aromatic carbocycles. The molecule has 1 aliphatic heterocycles. The third kappa shape index (κ3) is 3.64. The first-order chi connectivity index (χ1) is 8.75. The van der Waals surface area contributed by atoms with Crippen molar-refractivity contribution < 1.29 is 19.4 Å². The van der Waals surface area contributed by atoms with Crippen molar-refractivity contribution >= 4 is 5.97 Å². The van der Waals surface area contributed by atoms with Crippen molar-refractivity contribution in [2.24, 2.45) is 0 Å². The molecule has 1 aromatic heterocycles. The third-order valence-electron chi connectivity index (χ3n) is 2.62. The van der Waals surface area contributed by atoms with Crippen molar-refractivity contribution in [1.29, 1.82) is 0 Å². The molecule has 0 saturated carbocycles. The topological polar surface area (TPSA) is 84.8 Å². The smallest absolute Gasteiger partial charge is 0.354 e. The van der Waals surface area contributed by atoms with E-state index in [1.165, 1.54) is 12.4 Å². The van der Waals surface area contributed by atoms with Crippen LogP contribution in [0.25, 0.3) is 0 Å². The molecule has 0 aliphatic carbocycles. The Morgan fingerprint density at radius 3 is 2.94 bits per heavy atom. The van der Waals surface area contributed by atoms with Crippen LogP contribution in [0.2, 0.25) is 0 Å². The molecule has 7 nitrogen and oxygen atoms in total. The quantitative estimate of drug-likeness (QED) is 0.783. The maximum absolute atomic E-state index is 10.7. The molecule has 0 radical (unpaired) electrons. The van der Waals surface area contributed by atoms with E-state index in [0.29, 0.717) is 6.61 Å². The van der Waals surface area contributed by atoms with Crippen LogP contribution in [0.3, 0.4) is 0 Å². The van der Waals surface area contributed by atoms with Crippen LogP contribution in [0.1, 0.15) is 10.5 Å². The van der Waals surface area contributed by atoms with E-state index in [1.807, 2.05) is 0 Å². The lowest BCUT2D eigenvalue weighted by Crippen LogP contribution is -2.38. The van der Waals surface area contributed by atoms with E-state index in [-0.39, 0.29) is 11.6 Å². The number of nitrogens with zero attached hydrogens (tertiary/aromatic N) is 3. The van der Waals surface area contributed by atoms with Gasteiger partial charge in [0.2, 0.25) is 5.88 Å². The van der Waals surface area contributed by atoms with Gasteiger partial charge in [-0.2, -0.15) is 0 Å². The number of carbonyl (C=O) groups is 1. The number of aromatic carboxylic acids is 1. The van der Waals surface area contributed by atoms with Crippen LogP contribution in [-0.4, -0.2) is 65.4 Å². The molecular weight excluding hydrogens is 238 g/mol. The van der Waals surface area contributed by atoms with E-state index in [4.69, 9.17) is 14.6 Å². The Hall–Kier alpha value is -1.73. The van der Waals surface area contributed by atoms with Gasteiger partial charge in [-0.3, -0.25) is 4.90 Å². The Morgan fingerprint density at radius 2 is 2.22 bits per heavy atom. The zero-order valence-electron chi connectivity index (χ0n) is 9.91. The van der Waals surface area contributed by atoms with Crippen molar-refractivity contribution in [3.05, 3.63) is 18.1 Å². The minimum atomic E-state index is -1.09. The largest absolute Gasteiger partial charge is 0.477 e. The Labute approximate surface area is 104 Å². The molecule has 2 heterocycles. The minimum Gasteiger partial charge on any atom is -0.477 e. The second-order valence-corrected chi connectivity index (χ2v) is 3.85. The first kappa shape index (κ1) is 12.7. The van der Waals surface area contributed by atoms with E-state index in [0.717, 1.165) is 32.8 Å². The molecule has 7 heteroatoms. The second-order valence-electron chi connectivity index (χ2n) is 3.85. The average Bonchev–Trinajstić information content (AvgIpc) is 2.40. The van der Waals surface area contributed by atoms with Gasteiger partial charge in [0.1, 0.15) is 12.9 Å². The SMILES string of the molecule is O=C(O)c1cc(OCCN2CCOCC2)ncn1. The monoisotopic (exact) mass is 253 g/mol. The molecule has 0 unspecified atom stereocenters. The highest BCUT2D eigenvalue weighted by Crippen LogP contribution is 2.07. The second kappa shape index (κ2) is 6.27. The molecule has 98 valence electrons. The summed E-state index contributed by atoms with van der Waals surface area (Å²) >= 11 is 0. The lowest BCUT2D eigenvalue weighted by Gasteiger charge is -2.26. The summed E-state index contributed by atoms with van der Waals surface area (Å²) in [7, 11) is 0.